The van der Waals surface area contributed by atoms with Crippen molar-refractivity contribution < 1.29 is 4.74 Å². The van der Waals surface area contributed by atoms with E-state index in [-0.39, 0.29) is 5.54 Å². The third-order valence-electron chi connectivity index (χ3n) is 2.69. The van der Waals surface area contributed by atoms with Crippen molar-refractivity contribution in [3.8, 4) is 5.75 Å². The first-order valence-corrected chi connectivity index (χ1v) is 6.41. The lowest BCUT2D eigenvalue weighted by Gasteiger charge is -2.24. The van der Waals surface area contributed by atoms with Gasteiger partial charge in [0.2, 0.25) is 0 Å². The van der Waals surface area contributed by atoms with Gasteiger partial charge in [-0.2, -0.15) is 0 Å². The molecule has 0 heterocycles. The van der Waals surface area contributed by atoms with Crippen LogP contribution in [0.1, 0.15) is 46.1 Å². The van der Waals surface area contributed by atoms with Crippen LogP contribution in [0.25, 0.3) is 0 Å². The van der Waals surface area contributed by atoms with E-state index in [1.807, 2.05) is 19.1 Å². The number of hydrogen-bond donors (Lipinski definition) is 1. The van der Waals surface area contributed by atoms with Gasteiger partial charge >= 0.3 is 0 Å². The monoisotopic (exact) mass is 235 g/mol. The molecule has 0 fully saturated rings. The summed E-state index contributed by atoms with van der Waals surface area (Å²) in [5.41, 5.74) is 1.44. The van der Waals surface area contributed by atoms with Gasteiger partial charge in [-0.3, -0.25) is 0 Å². The Bertz CT molecular complexity index is 341. The SMILES string of the molecule is CCOc1ccccc1C(C)CNC(C)(C)C. The van der Waals surface area contributed by atoms with E-state index in [2.05, 4.69) is 45.1 Å². The summed E-state index contributed by atoms with van der Waals surface area (Å²) in [5, 5.41) is 3.53. The minimum Gasteiger partial charge on any atom is -0.494 e. The molecule has 0 aliphatic heterocycles. The van der Waals surface area contributed by atoms with E-state index in [0.717, 1.165) is 18.9 Å². The Morgan fingerprint density at radius 1 is 1.24 bits per heavy atom. The van der Waals surface area contributed by atoms with E-state index in [9.17, 15) is 0 Å². The quantitative estimate of drug-likeness (QED) is 0.842. The fourth-order valence-corrected chi connectivity index (χ4v) is 1.74. The molecule has 0 saturated heterocycles. The molecule has 0 radical (unpaired) electrons. The number of hydrogen-bond acceptors (Lipinski definition) is 2. The van der Waals surface area contributed by atoms with Crippen molar-refractivity contribution in [3.63, 3.8) is 0 Å². The molecule has 96 valence electrons. The average Bonchev–Trinajstić information content (AvgIpc) is 2.26. The second kappa shape index (κ2) is 6.06. The highest BCUT2D eigenvalue weighted by Gasteiger charge is 2.14. The zero-order valence-corrected chi connectivity index (χ0v) is 11.7. The molecule has 1 aromatic rings. The van der Waals surface area contributed by atoms with Gasteiger partial charge in [-0.1, -0.05) is 25.1 Å². The second-order valence-corrected chi connectivity index (χ2v) is 5.50. The minimum absolute atomic E-state index is 0.162. The maximum atomic E-state index is 5.66. The third-order valence-corrected chi connectivity index (χ3v) is 2.69. The number of rotatable bonds is 5. The fraction of sp³-hybridized carbons (Fsp3) is 0.600. The van der Waals surface area contributed by atoms with Crippen molar-refractivity contribution in [2.75, 3.05) is 13.2 Å². The van der Waals surface area contributed by atoms with Crippen LogP contribution in [0.5, 0.6) is 5.75 Å². The molecular weight excluding hydrogens is 210 g/mol. The Hall–Kier alpha value is -1.02. The van der Waals surface area contributed by atoms with Gasteiger partial charge in [0, 0.05) is 12.1 Å². The maximum Gasteiger partial charge on any atom is 0.122 e. The van der Waals surface area contributed by atoms with Gasteiger partial charge in [0.15, 0.2) is 0 Å². The lowest BCUT2D eigenvalue weighted by atomic mass is 9.98. The first-order valence-electron chi connectivity index (χ1n) is 6.41. The first kappa shape index (κ1) is 14.0. The molecule has 2 heteroatoms. The fourth-order valence-electron chi connectivity index (χ4n) is 1.74. The van der Waals surface area contributed by atoms with E-state index in [1.165, 1.54) is 5.56 Å². The lowest BCUT2D eigenvalue weighted by molar-refractivity contribution is 0.332. The van der Waals surface area contributed by atoms with Gasteiger partial charge in [-0.05, 0) is 45.2 Å². The molecule has 0 spiro atoms. The van der Waals surface area contributed by atoms with Gasteiger partial charge in [0.05, 0.1) is 6.61 Å². The van der Waals surface area contributed by atoms with Crippen LogP contribution in [0.4, 0.5) is 0 Å². The van der Waals surface area contributed by atoms with Crippen LogP contribution in [0, 0.1) is 0 Å². The van der Waals surface area contributed by atoms with E-state index in [4.69, 9.17) is 4.74 Å². The summed E-state index contributed by atoms with van der Waals surface area (Å²) in [6.07, 6.45) is 0. The molecule has 0 aliphatic carbocycles. The zero-order valence-electron chi connectivity index (χ0n) is 11.7. The maximum absolute atomic E-state index is 5.66. The van der Waals surface area contributed by atoms with Crippen LogP contribution < -0.4 is 10.1 Å². The van der Waals surface area contributed by atoms with Crippen LogP contribution in [-0.4, -0.2) is 18.7 Å². The lowest BCUT2D eigenvalue weighted by Crippen LogP contribution is -2.38. The second-order valence-electron chi connectivity index (χ2n) is 5.50. The van der Waals surface area contributed by atoms with Crippen LogP contribution in [0.2, 0.25) is 0 Å². The van der Waals surface area contributed by atoms with Gasteiger partial charge in [-0.15, -0.1) is 0 Å². The topological polar surface area (TPSA) is 21.3 Å². The van der Waals surface area contributed by atoms with Crippen LogP contribution in [0.3, 0.4) is 0 Å². The van der Waals surface area contributed by atoms with Crippen molar-refractivity contribution in [1.82, 2.24) is 5.32 Å². The molecule has 1 aromatic carbocycles. The highest BCUT2D eigenvalue weighted by Crippen LogP contribution is 2.26. The van der Waals surface area contributed by atoms with Gasteiger partial charge in [0.1, 0.15) is 5.75 Å². The van der Waals surface area contributed by atoms with Crippen LogP contribution >= 0.6 is 0 Å². The summed E-state index contributed by atoms with van der Waals surface area (Å²) in [5.74, 6) is 1.47. The van der Waals surface area contributed by atoms with E-state index in [1.54, 1.807) is 0 Å². The number of para-hydroxylation sites is 1. The van der Waals surface area contributed by atoms with Crippen molar-refractivity contribution in [2.45, 2.75) is 46.1 Å². The van der Waals surface area contributed by atoms with E-state index < -0.39 is 0 Å². The van der Waals surface area contributed by atoms with Crippen molar-refractivity contribution >= 4 is 0 Å². The van der Waals surface area contributed by atoms with Crippen LogP contribution in [-0.2, 0) is 0 Å². The Morgan fingerprint density at radius 2 is 1.88 bits per heavy atom. The summed E-state index contributed by atoms with van der Waals surface area (Å²) in [6, 6.07) is 8.30. The smallest absolute Gasteiger partial charge is 0.122 e. The summed E-state index contributed by atoms with van der Waals surface area (Å²) in [6.45, 7) is 12.5. The predicted octanol–water partition coefficient (Wildman–Crippen LogP) is 3.58. The molecule has 1 unspecified atom stereocenters. The minimum atomic E-state index is 0.162. The average molecular weight is 235 g/mol. The Morgan fingerprint density at radius 3 is 2.47 bits per heavy atom. The van der Waals surface area contributed by atoms with Gasteiger partial charge < -0.3 is 10.1 Å². The van der Waals surface area contributed by atoms with Gasteiger partial charge in [0.25, 0.3) is 0 Å². The van der Waals surface area contributed by atoms with Crippen LogP contribution in [0.15, 0.2) is 24.3 Å². The Labute approximate surface area is 105 Å². The summed E-state index contributed by atoms with van der Waals surface area (Å²) in [7, 11) is 0. The molecule has 2 nitrogen and oxygen atoms in total. The Balaban J connectivity index is 2.70. The van der Waals surface area contributed by atoms with E-state index >= 15 is 0 Å². The third kappa shape index (κ3) is 4.78. The molecule has 0 aromatic heterocycles. The molecule has 1 atom stereocenters. The van der Waals surface area contributed by atoms with Crippen molar-refractivity contribution in [3.05, 3.63) is 29.8 Å². The van der Waals surface area contributed by atoms with Crippen molar-refractivity contribution in [1.29, 1.82) is 0 Å². The summed E-state index contributed by atoms with van der Waals surface area (Å²) < 4.78 is 5.66. The molecule has 0 bridgehead atoms. The standard InChI is InChI=1S/C15H25NO/c1-6-17-14-10-8-7-9-13(14)12(2)11-16-15(3,4)5/h7-10,12,16H,6,11H2,1-5H3. The molecule has 0 amide bonds. The Kier molecular flexibility index (Phi) is 5.01. The highest BCUT2D eigenvalue weighted by molar-refractivity contribution is 5.36. The zero-order chi connectivity index (χ0) is 12.9. The highest BCUT2D eigenvalue weighted by atomic mass is 16.5. The molecule has 0 aliphatic rings. The largest absolute Gasteiger partial charge is 0.494 e. The van der Waals surface area contributed by atoms with Crippen molar-refractivity contribution in [2.24, 2.45) is 0 Å². The summed E-state index contributed by atoms with van der Waals surface area (Å²) >= 11 is 0. The molecular formula is C15H25NO. The number of ether oxygens (including phenoxy) is 1. The number of nitrogens with one attached hydrogen (secondary N) is 1. The molecule has 17 heavy (non-hydrogen) atoms. The normalized spacial score (nSPS) is 13.5. The molecule has 1 rings (SSSR count). The number of benzene rings is 1. The molecule has 1 N–H and O–H groups in total. The predicted molar refractivity (Wildman–Crippen MR) is 73.8 cm³/mol. The summed E-state index contributed by atoms with van der Waals surface area (Å²) in [4.78, 5) is 0. The first-order chi connectivity index (χ1) is 7.94. The molecule has 0 saturated carbocycles. The van der Waals surface area contributed by atoms with Gasteiger partial charge in [-0.25, -0.2) is 0 Å². The van der Waals surface area contributed by atoms with E-state index in [0.29, 0.717) is 5.92 Å².